The summed E-state index contributed by atoms with van der Waals surface area (Å²) in [6, 6.07) is 21.2. The topological polar surface area (TPSA) is 107 Å². The largest absolute Gasteiger partial charge is 0.493 e. The summed E-state index contributed by atoms with van der Waals surface area (Å²) in [6.07, 6.45) is 3.41. The van der Waals surface area contributed by atoms with Gasteiger partial charge in [-0.25, -0.2) is 4.98 Å². The maximum Gasteiger partial charge on any atom is 0.229 e. The monoisotopic (exact) mass is 583 g/mol. The normalized spacial score (nSPS) is 14.5. The second-order valence-corrected chi connectivity index (χ2v) is 10.3. The molecule has 5 rings (SSSR count). The molecule has 1 amide bonds. The Hall–Kier alpha value is -4.99. The molecular formula is C33H37N5O5. The molecule has 43 heavy (non-hydrogen) atoms. The number of ether oxygens (including phenoxy) is 4. The van der Waals surface area contributed by atoms with Gasteiger partial charge in [0.2, 0.25) is 17.6 Å². The van der Waals surface area contributed by atoms with Gasteiger partial charge in [0.1, 0.15) is 17.3 Å². The van der Waals surface area contributed by atoms with Crippen molar-refractivity contribution < 1.29 is 23.7 Å². The van der Waals surface area contributed by atoms with Crippen molar-refractivity contribution in [3.05, 3.63) is 84.1 Å². The van der Waals surface area contributed by atoms with Gasteiger partial charge in [0.15, 0.2) is 11.5 Å². The quantitative estimate of drug-likeness (QED) is 0.224. The number of carbonyl (C=O) groups excluding carboxylic acids is 1. The number of anilines is 3. The number of rotatable bonds is 11. The lowest BCUT2D eigenvalue weighted by molar-refractivity contribution is -0.125. The molecule has 10 heteroatoms. The van der Waals surface area contributed by atoms with E-state index < -0.39 is 0 Å². The second-order valence-electron chi connectivity index (χ2n) is 10.3. The second kappa shape index (κ2) is 13.8. The first kappa shape index (κ1) is 29.5. The maximum absolute atomic E-state index is 13.2. The number of nitrogens with one attached hydrogen (secondary N) is 2. The molecule has 3 aromatic carbocycles. The Balaban J connectivity index is 1.19. The van der Waals surface area contributed by atoms with Gasteiger partial charge < -0.3 is 34.5 Å². The Morgan fingerprint density at radius 1 is 0.953 bits per heavy atom. The molecule has 2 N–H and O–H groups in total. The van der Waals surface area contributed by atoms with Gasteiger partial charge in [-0.05, 0) is 55.7 Å². The molecule has 0 saturated carbocycles. The van der Waals surface area contributed by atoms with E-state index in [4.69, 9.17) is 23.9 Å². The number of hydrogen-bond donors (Lipinski definition) is 2. The SMILES string of the molecule is COc1cc(Nc2nccc(N3CCC[C@H](C(=O)NCc4cccc(Oc5ccc(C)cc5)c4)C3)n2)cc(OC)c1OC. The lowest BCUT2D eigenvalue weighted by Gasteiger charge is -2.33. The number of hydrogen-bond acceptors (Lipinski definition) is 9. The van der Waals surface area contributed by atoms with Crippen molar-refractivity contribution in [3.8, 4) is 28.7 Å². The summed E-state index contributed by atoms with van der Waals surface area (Å²) < 4.78 is 22.3. The highest BCUT2D eigenvalue weighted by atomic mass is 16.5. The molecule has 1 aliphatic heterocycles. The molecular weight excluding hydrogens is 546 g/mol. The number of amides is 1. The lowest BCUT2D eigenvalue weighted by Crippen LogP contribution is -2.43. The minimum absolute atomic E-state index is 0.0272. The Labute approximate surface area is 252 Å². The van der Waals surface area contributed by atoms with E-state index in [1.807, 2.05) is 61.5 Å². The molecule has 1 saturated heterocycles. The highest BCUT2D eigenvalue weighted by Crippen LogP contribution is 2.40. The third-order valence-corrected chi connectivity index (χ3v) is 7.30. The molecule has 224 valence electrons. The highest BCUT2D eigenvalue weighted by Gasteiger charge is 2.27. The van der Waals surface area contributed by atoms with Crippen molar-refractivity contribution in [3.63, 3.8) is 0 Å². The smallest absolute Gasteiger partial charge is 0.229 e. The van der Waals surface area contributed by atoms with Crippen LogP contribution >= 0.6 is 0 Å². The molecule has 10 nitrogen and oxygen atoms in total. The fourth-order valence-corrected chi connectivity index (χ4v) is 5.06. The number of benzene rings is 3. The molecule has 0 spiro atoms. The number of carbonyl (C=O) groups is 1. The number of nitrogens with zero attached hydrogens (tertiary/aromatic N) is 3. The molecule has 0 radical (unpaired) electrons. The van der Waals surface area contributed by atoms with Gasteiger partial charge in [-0.1, -0.05) is 29.8 Å². The van der Waals surface area contributed by atoms with E-state index in [0.29, 0.717) is 42.0 Å². The van der Waals surface area contributed by atoms with Crippen molar-refractivity contribution in [2.24, 2.45) is 5.92 Å². The van der Waals surface area contributed by atoms with Crippen molar-refractivity contribution >= 4 is 23.4 Å². The summed E-state index contributed by atoms with van der Waals surface area (Å²) in [7, 11) is 4.70. The van der Waals surface area contributed by atoms with E-state index in [1.165, 1.54) is 5.56 Å². The van der Waals surface area contributed by atoms with E-state index in [1.54, 1.807) is 39.7 Å². The summed E-state index contributed by atoms with van der Waals surface area (Å²) in [4.78, 5) is 24.4. The zero-order valence-corrected chi connectivity index (χ0v) is 24.9. The molecule has 1 aromatic heterocycles. The van der Waals surface area contributed by atoms with Crippen LogP contribution in [0.1, 0.15) is 24.0 Å². The molecule has 4 aromatic rings. The van der Waals surface area contributed by atoms with Crippen LogP contribution in [0.3, 0.4) is 0 Å². The third kappa shape index (κ3) is 7.45. The van der Waals surface area contributed by atoms with E-state index in [2.05, 4.69) is 20.5 Å². The number of methoxy groups -OCH3 is 3. The first-order valence-corrected chi connectivity index (χ1v) is 14.2. The van der Waals surface area contributed by atoms with Gasteiger partial charge in [-0.15, -0.1) is 0 Å². The van der Waals surface area contributed by atoms with Crippen LogP contribution in [0.25, 0.3) is 0 Å². The maximum atomic E-state index is 13.2. The molecule has 2 heterocycles. The van der Waals surface area contributed by atoms with Gasteiger partial charge in [-0.2, -0.15) is 4.98 Å². The van der Waals surface area contributed by atoms with Crippen LogP contribution in [0.4, 0.5) is 17.5 Å². The molecule has 1 aliphatic rings. The zero-order valence-electron chi connectivity index (χ0n) is 24.9. The Bertz CT molecular complexity index is 1520. The summed E-state index contributed by atoms with van der Waals surface area (Å²) >= 11 is 0. The molecule has 0 bridgehead atoms. The molecule has 0 aliphatic carbocycles. The number of aromatic nitrogens is 2. The highest BCUT2D eigenvalue weighted by molar-refractivity contribution is 5.79. The Morgan fingerprint density at radius 2 is 1.72 bits per heavy atom. The Kier molecular flexibility index (Phi) is 9.46. The van der Waals surface area contributed by atoms with Crippen LogP contribution in [0.5, 0.6) is 28.7 Å². The average molecular weight is 584 g/mol. The van der Waals surface area contributed by atoms with Crippen LogP contribution < -0.4 is 34.5 Å². The first-order valence-electron chi connectivity index (χ1n) is 14.2. The van der Waals surface area contributed by atoms with E-state index in [0.717, 1.165) is 42.3 Å². The van der Waals surface area contributed by atoms with Crippen molar-refractivity contribution in [2.45, 2.75) is 26.3 Å². The predicted molar refractivity (Wildman–Crippen MR) is 166 cm³/mol. The van der Waals surface area contributed by atoms with E-state index in [-0.39, 0.29) is 11.8 Å². The molecule has 1 atom stereocenters. The standard InChI is InChI=1S/C33H37N5O5/c1-22-10-12-26(13-11-22)43-27-9-5-7-23(17-27)20-35-32(39)24-8-6-16-38(21-24)30-14-15-34-33(37-30)36-25-18-28(40-2)31(42-4)29(19-25)41-3/h5,7,9-15,17-19,24H,6,8,16,20-21H2,1-4H3,(H,35,39)(H,34,36,37)/t24-/m0/s1. The molecule has 1 fully saturated rings. The van der Waals surface area contributed by atoms with E-state index in [9.17, 15) is 4.79 Å². The Morgan fingerprint density at radius 3 is 2.44 bits per heavy atom. The summed E-state index contributed by atoms with van der Waals surface area (Å²) in [6.45, 7) is 3.85. The van der Waals surface area contributed by atoms with Gasteiger partial charge in [0, 0.05) is 43.7 Å². The lowest BCUT2D eigenvalue weighted by atomic mass is 9.97. The van der Waals surface area contributed by atoms with Crippen LogP contribution in [0.15, 0.2) is 72.9 Å². The van der Waals surface area contributed by atoms with Gasteiger partial charge in [0.05, 0.1) is 27.2 Å². The minimum Gasteiger partial charge on any atom is -0.493 e. The first-order chi connectivity index (χ1) is 20.9. The number of piperidine rings is 1. The van der Waals surface area contributed by atoms with Crippen LogP contribution in [0, 0.1) is 12.8 Å². The van der Waals surface area contributed by atoms with Crippen molar-refractivity contribution in [1.29, 1.82) is 0 Å². The number of aryl methyl sites for hydroxylation is 1. The van der Waals surface area contributed by atoms with E-state index >= 15 is 0 Å². The van der Waals surface area contributed by atoms with Gasteiger partial charge in [0.25, 0.3) is 0 Å². The summed E-state index contributed by atoms with van der Waals surface area (Å²) in [5, 5.41) is 6.34. The van der Waals surface area contributed by atoms with Crippen LogP contribution in [0.2, 0.25) is 0 Å². The van der Waals surface area contributed by atoms with Gasteiger partial charge in [-0.3, -0.25) is 4.79 Å². The van der Waals surface area contributed by atoms with Gasteiger partial charge >= 0.3 is 0 Å². The third-order valence-electron chi connectivity index (χ3n) is 7.30. The van der Waals surface area contributed by atoms with Crippen LogP contribution in [-0.4, -0.2) is 50.3 Å². The summed E-state index contributed by atoms with van der Waals surface area (Å²) in [5.41, 5.74) is 2.84. The predicted octanol–water partition coefficient (Wildman–Crippen LogP) is 5.88. The van der Waals surface area contributed by atoms with Crippen molar-refractivity contribution in [1.82, 2.24) is 15.3 Å². The minimum atomic E-state index is -0.151. The zero-order chi connectivity index (χ0) is 30.2. The fourth-order valence-electron chi connectivity index (χ4n) is 5.06. The average Bonchev–Trinajstić information content (AvgIpc) is 3.04. The van der Waals surface area contributed by atoms with Crippen molar-refractivity contribution in [2.75, 3.05) is 44.6 Å². The molecule has 0 unspecified atom stereocenters. The van der Waals surface area contributed by atoms with Crippen LogP contribution in [-0.2, 0) is 11.3 Å². The fraction of sp³-hybridized carbons (Fsp3) is 0.303. The summed E-state index contributed by atoms with van der Waals surface area (Å²) in [5.74, 6) is 4.12.